The number of hydrogen-bond acceptors (Lipinski definition) is 3. The molecule has 0 atom stereocenters. The first-order chi connectivity index (χ1) is 4.97. The Labute approximate surface area is 58.8 Å². The van der Waals surface area contributed by atoms with E-state index >= 15 is 0 Å². The van der Waals surface area contributed by atoms with Crippen molar-refractivity contribution in [1.29, 1.82) is 0 Å². The number of aliphatic imine (C=N–C) groups is 1. The van der Waals surface area contributed by atoms with E-state index in [1.165, 1.54) is 0 Å². The molecule has 1 aliphatic rings. The van der Waals surface area contributed by atoms with Crippen molar-refractivity contribution >= 4 is 5.71 Å². The maximum atomic E-state index is 5.15. The summed E-state index contributed by atoms with van der Waals surface area (Å²) in [4.78, 5) is 4.19. The molecule has 0 aliphatic carbocycles. The Morgan fingerprint density at radius 2 is 2.60 bits per heavy atom. The lowest BCUT2D eigenvalue weighted by Gasteiger charge is -1.90. The fourth-order valence-electron chi connectivity index (χ4n) is 0.989. The Bertz CT molecular complexity index is 238. The van der Waals surface area contributed by atoms with E-state index in [0.717, 1.165) is 24.7 Å². The minimum absolute atomic E-state index is 0.718. The quantitative estimate of drug-likeness (QED) is 0.614. The molecule has 2 heterocycles. The monoisotopic (exact) mass is 136 g/mol. The van der Waals surface area contributed by atoms with Gasteiger partial charge in [0.05, 0.1) is 18.6 Å². The number of nitrogens with one attached hydrogen (secondary N) is 1. The predicted octanol–water partition coefficient (Wildman–Crippen LogP) is 0.629. The molecule has 10 heavy (non-hydrogen) atoms. The van der Waals surface area contributed by atoms with Gasteiger partial charge in [0.1, 0.15) is 5.76 Å². The summed E-state index contributed by atoms with van der Waals surface area (Å²) in [6, 6.07) is 3.79. The third-order valence-corrected chi connectivity index (χ3v) is 1.48. The van der Waals surface area contributed by atoms with Gasteiger partial charge in [0, 0.05) is 6.54 Å². The number of rotatable bonds is 1. The van der Waals surface area contributed by atoms with Gasteiger partial charge in [-0.2, -0.15) is 0 Å². The zero-order valence-electron chi connectivity index (χ0n) is 5.50. The lowest BCUT2D eigenvalue weighted by atomic mass is 10.3. The fourth-order valence-corrected chi connectivity index (χ4v) is 0.989. The zero-order valence-corrected chi connectivity index (χ0v) is 5.50. The molecule has 0 aromatic carbocycles. The molecule has 0 fully saturated rings. The summed E-state index contributed by atoms with van der Waals surface area (Å²) in [5.74, 6) is 0.880. The molecule has 3 nitrogen and oxygen atoms in total. The lowest BCUT2D eigenvalue weighted by molar-refractivity contribution is 0.557. The summed E-state index contributed by atoms with van der Waals surface area (Å²) in [5.41, 5.74) is 1.02. The highest BCUT2D eigenvalue weighted by Gasteiger charge is 2.09. The second-order valence-electron chi connectivity index (χ2n) is 2.17. The van der Waals surface area contributed by atoms with Crippen LogP contribution in [0.15, 0.2) is 27.8 Å². The van der Waals surface area contributed by atoms with Crippen LogP contribution >= 0.6 is 0 Å². The van der Waals surface area contributed by atoms with Gasteiger partial charge in [0.2, 0.25) is 0 Å². The van der Waals surface area contributed by atoms with Crippen LogP contribution in [0.1, 0.15) is 5.76 Å². The molecule has 1 aliphatic heterocycles. The van der Waals surface area contributed by atoms with E-state index in [4.69, 9.17) is 4.42 Å². The Morgan fingerprint density at radius 3 is 3.20 bits per heavy atom. The molecule has 52 valence electrons. The molecule has 0 bridgehead atoms. The smallest absolute Gasteiger partial charge is 0.148 e. The second-order valence-corrected chi connectivity index (χ2v) is 2.17. The largest absolute Gasteiger partial charge is 0.463 e. The molecule has 3 heteroatoms. The number of nitrogens with zero attached hydrogens (tertiary/aromatic N) is 1. The normalized spacial score (nSPS) is 17.4. The van der Waals surface area contributed by atoms with Crippen molar-refractivity contribution in [2.45, 2.75) is 0 Å². The van der Waals surface area contributed by atoms with Gasteiger partial charge in [0.15, 0.2) is 0 Å². The van der Waals surface area contributed by atoms with Crippen molar-refractivity contribution in [2.75, 3.05) is 13.2 Å². The van der Waals surface area contributed by atoms with Crippen LogP contribution in [-0.4, -0.2) is 18.9 Å². The van der Waals surface area contributed by atoms with Crippen molar-refractivity contribution in [3.8, 4) is 0 Å². The summed E-state index contributed by atoms with van der Waals surface area (Å²) in [7, 11) is 0. The van der Waals surface area contributed by atoms with E-state index in [2.05, 4.69) is 10.3 Å². The zero-order chi connectivity index (χ0) is 6.81. The molecule has 1 N–H and O–H groups in total. The van der Waals surface area contributed by atoms with E-state index in [1.54, 1.807) is 6.26 Å². The molecule has 0 radical (unpaired) electrons. The molecule has 1 aromatic rings. The van der Waals surface area contributed by atoms with E-state index in [-0.39, 0.29) is 0 Å². The summed E-state index contributed by atoms with van der Waals surface area (Å²) in [6.45, 7) is 1.55. The molecule has 0 saturated heterocycles. The highest BCUT2D eigenvalue weighted by molar-refractivity contribution is 6.00. The van der Waals surface area contributed by atoms with Crippen LogP contribution < -0.4 is 5.32 Å². The van der Waals surface area contributed by atoms with Gasteiger partial charge in [-0.25, -0.2) is 0 Å². The fraction of sp³-hybridized carbons (Fsp3) is 0.286. The molecular formula is C7H8N2O. The average Bonchev–Trinajstić information content (AvgIpc) is 2.59. The standard InChI is InChI=1S/C7H8N2O/c1-2-7(10-3-1)6-4-8-5-9-6/h1-3,8H,4-5H2. The minimum Gasteiger partial charge on any atom is -0.463 e. The lowest BCUT2D eigenvalue weighted by Crippen LogP contribution is -2.13. The highest BCUT2D eigenvalue weighted by Crippen LogP contribution is 2.03. The van der Waals surface area contributed by atoms with E-state index < -0.39 is 0 Å². The van der Waals surface area contributed by atoms with Crippen LogP contribution in [0.4, 0.5) is 0 Å². The Hall–Kier alpha value is -1.09. The van der Waals surface area contributed by atoms with E-state index in [0.29, 0.717) is 0 Å². The molecule has 2 rings (SSSR count). The van der Waals surface area contributed by atoms with Crippen LogP contribution in [0.25, 0.3) is 0 Å². The van der Waals surface area contributed by atoms with Crippen LogP contribution in [0.5, 0.6) is 0 Å². The molecule has 0 unspecified atom stereocenters. The van der Waals surface area contributed by atoms with Gasteiger partial charge in [-0.1, -0.05) is 0 Å². The summed E-state index contributed by atoms with van der Waals surface area (Å²) in [6.07, 6.45) is 1.66. The van der Waals surface area contributed by atoms with Crippen LogP contribution in [0.3, 0.4) is 0 Å². The maximum Gasteiger partial charge on any atom is 0.148 e. The van der Waals surface area contributed by atoms with Crippen LogP contribution in [0.2, 0.25) is 0 Å². The first kappa shape index (κ1) is 5.68. The Morgan fingerprint density at radius 1 is 1.60 bits per heavy atom. The molecule has 0 spiro atoms. The van der Waals surface area contributed by atoms with E-state index in [9.17, 15) is 0 Å². The third kappa shape index (κ3) is 0.844. The number of hydrogen-bond donors (Lipinski definition) is 1. The SMILES string of the molecule is c1coc(C2=NCNC2)c1. The van der Waals surface area contributed by atoms with Gasteiger partial charge < -0.3 is 4.42 Å². The van der Waals surface area contributed by atoms with Gasteiger partial charge in [0.25, 0.3) is 0 Å². The van der Waals surface area contributed by atoms with Gasteiger partial charge in [-0.3, -0.25) is 10.3 Å². The average molecular weight is 136 g/mol. The van der Waals surface area contributed by atoms with Crippen molar-refractivity contribution in [1.82, 2.24) is 5.32 Å². The number of furan rings is 1. The predicted molar refractivity (Wildman–Crippen MR) is 38.1 cm³/mol. The topological polar surface area (TPSA) is 37.5 Å². The van der Waals surface area contributed by atoms with Crippen LogP contribution in [-0.2, 0) is 0 Å². The second kappa shape index (κ2) is 2.27. The third-order valence-electron chi connectivity index (χ3n) is 1.48. The van der Waals surface area contributed by atoms with Crippen molar-refractivity contribution in [3.63, 3.8) is 0 Å². The maximum absolute atomic E-state index is 5.15. The first-order valence-corrected chi connectivity index (χ1v) is 3.25. The van der Waals surface area contributed by atoms with Gasteiger partial charge in [-0.05, 0) is 12.1 Å². The Balaban J connectivity index is 2.28. The molecular weight excluding hydrogens is 128 g/mol. The van der Waals surface area contributed by atoms with Crippen molar-refractivity contribution < 1.29 is 4.42 Å². The summed E-state index contributed by atoms with van der Waals surface area (Å²) in [5, 5.41) is 3.10. The Kier molecular flexibility index (Phi) is 1.29. The van der Waals surface area contributed by atoms with Crippen LogP contribution in [0, 0.1) is 0 Å². The van der Waals surface area contributed by atoms with Gasteiger partial charge in [-0.15, -0.1) is 0 Å². The van der Waals surface area contributed by atoms with E-state index in [1.807, 2.05) is 12.1 Å². The molecule has 1 aromatic heterocycles. The summed E-state index contributed by atoms with van der Waals surface area (Å²) < 4.78 is 5.15. The molecule has 0 amide bonds. The van der Waals surface area contributed by atoms with Gasteiger partial charge >= 0.3 is 0 Å². The van der Waals surface area contributed by atoms with Crippen molar-refractivity contribution in [2.24, 2.45) is 4.99 Å². The van der Waals surface area contributed by atoms with Crippen molar-refractivity contribution in [3.05, 3.63) is 24.2 Å². The molecule has 0 saturated carbocycles. The first-order valence-electron chi connectivity index (χ1n) is 3.25. The minimum atomic E-state index is 0.718. The highest BCUT2D eigenvalue weighted by atomic mass is 16.3. The summed E-state index contributed by atoms with van der Waals surface area (Å²) >= 11 is 0.